The van der Waals surface area contributed by atoms with Crippen molar-refractivity contribution in [1.29, 1.82) is 0 Å². The third-order valence-electron chi connectivity index (χ3n) is 10.3. The van der Waals surface area contributed by atoms with Crippen LogP contribution in [0.5, 0.6) is 0 Å². The number of halogens is 6. The molecular formula is C39H49F6N11O7S4. The molecule has 0 unspecified atom stereocenters. The second-order valence-electron chi connectivity index (χ2n) is 14.5. The quantitative estimate of drug-likeness (QED) is 0.0992. The fourth-order valence-corrected chi connectivity index (χ4v) is 7.12. The molecule has 4 aromatic heterocycles. The highest BCUT2D eigenvalue weighted by molar-refractivity contribution is 7.59. The van der Waals surface area contributed by atoms with E-state index in [0.717, 1.165) is 31.7 Å². The lowest BCUT2D eigenvalue weighted by Gasteiger charge is -2.35. The Morgan fingerprint density at radius 1 is 0.672 bits per heavy atom. The van der Waals surface area contributed by atoms with Gasteiger partial charge in [-0.25, -0.2) is 34.3 Å². The highest BCUT2D eigenvalue weighted by Gasteiger charge is 2.43. The normalized spacial score (nSPS) is 17.0. The van der Waals surface area contributed by atoms with Crippen molar-refractivity contribution >= 4 is 112 Å². The first-order valence-corrected chi connectivity index (χ1v) is 19.4. The minimum absolute atomic E-state index is 0. The number of carbonyl (C=O) groups excluding carboxylic acids is 3. The third-order valence-corrected chi connectivity index (χ3v) is 10.3. The van der Waals surface area contributed by atoms with Crippen molar-refractivity contribution in [3.63, 3.8) is 0 Å². The number of carboxylic acid groups (broad SMARTS) is 1. The van der Waals surface area contributed by atoms with Gasteiger partial charge in [0.15, 0.2) is 29.2 Å². The number of hydrogen-bond donors (Lipinski definition) is 6. The number of aromatic nitrogens is 4. The zero-order valence-electron chi connectivity index (χ0n) is 35.0. The molecule has 18 nitrogen and oxygen atoms in total. The van der Waals surface area contributed by atoms with Crippen LogP contribution in [0.15, 0.2) is 73.1 Å². The zero-order chi connectivity index (χ0) is 45.6. The lowest BCUT2D eigenvalue weighted by molar-refractivity contribution is -0.205. The summed E-state index contributed by atoms with van der Waals surface area (Å²) in [5.74, 6) is -0.275. The number of hydrogen-bond acceptors (Lipinski definition) is 13. The van der Waals surface area contributed by atoms with Crippen LogP contribution in [0.2, 0.25) is 0 Å². The van der Waals surface area contributed by atoms with Gasteiger partial charge in [-0.1, -0.05) is 12.1 Å². The summed E-state index contributed by atoms with van der Waals surface area (Å²) in [6.07, 6.45) is -10.9. The van der Waals surface area contributed by atoms with Crippen LogP contribution < -0.4 is 36.0 Å². The Labute approximate surface area is 407 Å². The molecule has 4 amide bonds. The van der Waals surface area contributed by atoms with Gasteiger partial charge < -0.3 is 30.9 Å². The zero-order valence-corrected chi connectivity index (χ0v) is 39.0. The van der Waals surface area contributed by atoms with Gasteiger partial charge in [0.05, 0.1) is 23.5 Å². The second-order valence-corrected chi connectivity index (χ2v) is 14.5. The molecule has 8 heterocycles. The molecule has 67 heavy (non-hydrogen) atoms. The third kappa shape index (κ3) is 14.1. The predicted molar refractivity (Wildman–Crippen MR) is 256 cm³/mol. The molecule has 2 fully saturated rings. The molecule has 8 rings (SSSR count). The van der Waals surface area contributed by atoms with E-state index >= 15 is 0 Å². The minimum atomic E-state index is -4.78. The summed E-state index contributed by atoms with van der Waals surface area (Å²) in [5.41, 5.74) is 5.82. The van der Waals surface area contributed by atoms with Crippen molar-refractivity contribution in [3.8, 4) is 0 Å². The van der Waals surface area contributed by atoms with E-state index in [2.05, 4.69) is 46.1 Å². The van der Waals surface area contributed by atoms with Crippen molar-refractivity contribution in [3.05, 3.63) is 84.4 Å². The molecule has 368 valence electrons. The predicted octanol–water partition coefficient (Wildman–Crippen LogP) is 5.12. The fourth-order valence-electron chi connectivity index (χ4n) is 7.12. The maximum absolute atomic E-state index is 13.0. The van der Waals surface area contributed by atoms with Crippen LogP contribution in [-0.2, 0) is 0 Å². The summed E-state index contributed by atoms with van der Waals surface area (Å²) in [5, 5.41) is 31.7. The van der Waals surface area contributed by atoms with E-state index in [1.807, 2.05) is 0 Å². The molecule has 4 aromatic rings. The first kappa shape index (κ1) is 57.9. The van der Waals surface area contributed by atoms with Crippen LogP contribution in [0, 0.1) is 0 Å². The van der Waals surface area contributed by atoms with Crippen molar-refractivity contribution in [2.75, 3.05) is 63.0 Å². The molecule has 4 aliphatic heterocycles. The summed E-state index contributed by atoms with van der Waals surface area (Å²) in [4.78, 5) is 73.3. The largest absolute Gasteiger partial charge is 0.477 e. The molecular weight excluding hydrogens is 977 g/mol. The Kier molecular flexibility index (Phi) is 21.3. The number of amides is 4. The van der Waals surface area contributed by atoms with Gasteiger partial charge >= 0.3 is 30.4 Å². The highest BCUT2D eigenvalue weighted by Crippen LogP contribution is 2.40. The number of alkyl halides is 6. The molecule has 0 radical (unpaired) electrons. The van der Waals surface area contributed by atoms with Crippen LogP contribution in [0.3, 0.4) is 0 Å². The fraction of sp³-hybridized carbons (Fsp3) is 0.385. The number of nitrogens with one attached hydrogen (secondary N) is 2. The Hall–Kier alpha value is -5.26. The lowest BCUT2D eigenvalue weighted by Crippen LogP contribution is -2.48. The highest BCUT2D eigenvalue weighted by atomic mass is 32.1. The van der Waals surface area contributed by atoms with Crippen molar-refractivity contribution < 1.29 is 60.8 Å². The monoisotopic (exact) mass is 1030 g/mol. The number of fused-ring (bicyclic) bond motifs is 8. The van der Waals surface area contributed by atoms with E-state index in [0.29, 0.717) is 36.1 Å². The molecule has 4 aliphatic rings. The maximum Gasteiger partial charge on any atom is 0.415 e. The summed E-state index contributed by atoms with van der Waals surface area (Å²) in [6, 6.07) is 15.6. The Morgan fingerprint density at radius 3 is 1.48 bits per heavy atom. The number of pyridine rings is 4. The number of aliphatic hydroxyl groups is 2. The average Bonchev–Trinajstić information content (AvgIpc) is 3.87. The molecule has 0 aromatic carbocycles. The topological polar surface area (TPSA) is 244 Å². The molecule has 7 N–H and O–H groups in total. The molecule has 2 saturated heterocycles. The first-order chi connectivity index (χ1) is 29.8. The van der Waals surface area contributed by atoms with Gasteiger partial charge in [0, 0.05) is 51.5 Å². The van der Waals surface area contributed by atoms with E-state index in [9.17, 15) is 50.6 Å². The summed E-state index contributed by atoms with van der Waals surface area (Å²) >= 11 is 0. The minimum Gasteiger partial charge on any atom is -0.477 e. The SMILES string of the molecule is NC[C@H](O)C(F)(F)F.O=C(CC[C@H](O)C(F)(F)F)c1ccc2c(n1)N(C(=O)Nc1ccccn1)[C@H]1CCN2C1.O=C(O)c1ccc2c(n1)N(C(=O)Nc1ccccn1)[C@H]1CCN2C1.S.S.S.S. The number of Topliss-reactive ketones (excluding diaryl/α,β-unsaturated/α-hetero) is 1. The van der Waals surface area contributed by atoms with E-state index in [-0.39, 0.29) is 89.3 Å². The molecule has 0 spiro atoms. The van der Waals surface area contributed by atoms with Crippen molar-refractivity contribution in [2.24, 2.45) is 5.73 Å². The molecule has 4 atom stereocenters. The van der Waals surface area contributed by atoms with Crippen LogP contribution >= 0.6 is 54.0 Å². The first-order valence-electron chi connectivity index (χ1n) is 19.4. The van der Waals surface area contributed by atoms with Gasteiger partial charge in [0.2, 0.25) is 0 Å². The molecule has 0 aliphatic carbocycles. The Balaban J connectivity index is 0.000000383. The van der Waals surface area contributed by atoms with Gasteiger partial charge in [-0.3, -0.25) is 25.2 Å². The number of nitrogens with two attached hydrogens (primary N) is 1. The summed E-state index contributed by atoms with van der Waals surface area (Å²) < 4.78 is 70.9. The van der Waals surface area contributed by atoms with Crippen LogP contribution in [-0.4, -0.2) is 128 Å². The van der Waals surface area contributed by atoms with E-state index < -0.39 is 61.7 Å². The van der Waals surface area contributed by atoms with E-state index in [1.54, 1.807) is 65.8 Å². The van der Waals surface area contributed by atoms with Crippen molar-refractivity contribution in [1.82, 2.24) is 19.9 Å². The van der Waals surface area contributed by atoms with E-state index in [1.165, 1.54) is 17.0 Å². The van der Waals surface area contributed by atoms with E-state index in [4.69, 9.17) is 10.2 Å². The average molecular weight is 1030 g/mol. The number of carboxylic acids is 1. The van der Waals surface area contributed by atoms with Gasteiger partial charge in [-0.2, -0.15) is 80.3 Å². The van der Waals surface area contributed by atoms with Gasteiger partial charge in [0.25, 0.3) is 0 Å². The van der Waals surface area contributed by atoms with Gasteiger partial charge in [-0.05, 0) is 67.8 Å². The number of aliphatic hydroxyl groups excluding tert-OH is 2. The van der Waals surface area contributed by atoms with Gasteiger partial charge in [0.1, 0.15) is 23.4 Å². The maximum atomic E-state index is 13.0. The number of anilines is 6. The number of aromatic carboxylic acids is 1. The molecule has 0 saturated carbocycles. The number of ketones is 1. The summed E-state index contributed by atoms with van der Waals surface area (Å²) in [6.45, 7) is 2.10. The molecule has 4 bridgehead atoms. The lowest BCUT2D eigenvalue weighted by atomic mass is 10.1. The van der Waals surface area contributed by atoms with Gasteiger partial charge in [-0.15, -0.1) is 0 Å². The second kappa shape index (κ2) is 24.7. The van der Waals surface area contributed by atoms with Crippen LogP contribution in [0.25, 0.3) is 0 Å². The number of carbonyl (C=O) groups is 4. The van der Waals surface area contributed by atoms with Crippen LogP contribution in [0.4, 0.5) is 70.6 Å². The number of nitrogens with zero attached hydrogens (tertiary/aromatic N) is 8. The van der Waals surface area contributed by atoms with Crippen LogP contribution in [0.1, 0.15) is 46.7 Å². The Bertz CT molecular complexity index is 2300. The standard InChI is InChI=1S/C20H20F3N5O3.C16H15N5O3.C3H6F3NO.4H2S/c21-20(22,23)16(30)7-6-15(29)13-4-5-14-18(25-13)28(12-8-10-27(14)11-12)19(31)26-17-3-1-2-9-24-17;22-15(23)11-4-5-12-14(18-11)21(10-6-8-20(12)9-10)16(24)19-13-3-1-2-7-17-13;4-3(5,6)2(8)1-7;;;;/h1-5,9,12,16,30H,6-8,10-11H2,(H,24,26,31);1-5,7,10H,6,8-9H2,(H,22,23)(H,17,19,24);2,8H,1,7H2;4*1H2/t12-,16-;10-;2-;;;;/m000..../s1. The summed E-state index contributed by atoms with van der Waals surface area (Å²) in [7, 11) is 0. The molecule has 28 heteroatoms. The van der Waals surface area contributed by atoms with Crippen molar-refractivity contribution in [2.45, 2.75) is 62.3 Å². The smallest absolute Gasteiger partial charge is 0.415 e. The number of urea groups is 2. The Morgan fingerprint density at radius 2 is 1.10 bits per heavy atom. The number of rotatable bonds is 8.